The minimum Gasteiger partial charge on any atom is -0.230 e. The Morgan fingerprint density at radius 2 is 1.93 bits per heavy atom. The minimum absolute atomic E-state index is 0.559. The molecule has 0 spiro atoms. The molecule has 82 valence electrons. The summed E-state index contributed by atoms with van der Waals surface area (Å²) in [5.74, 6) is 0.559. The lowest BCUT2D eigenvalue weighted by Gasteiger charge is -1.98. The van der Waals surface area contributed by atoms with Gasteiger partial charge in [-0.3, -0.25) is 0 Å². The minimum atomic E-state index is -1.24. The lowest BCUT2D eigenvalue weighted by atomic mass is 10.2. The first kappa shape index (κ1) is 12.1. The molecule has 2 nitrogen and oxygen atoms in total. The van der Waals surface area contributed by atoms with E-state index >= 15 is 0 Å². The SMILES string of the molecule is Cc1ccc([S@](=O)/N=C/CC(C)C)cc1. The highest BCUT2D eigenvalue weighted by Crippen LogP contribution is 2.09. The molecule has 0 fully saturated rings. The molecule has 1 rings (SSSR count). The van der Waals surface area contributed by atoms with E-state index < -0.39 is 11.0 Å². The lowest BCUT2D eigenvalue weighted by molar-refractivity contribution is 0.681. The van der Waals surface area contributed by atoms with Gasteiger partial charge in [0.1, 0.15) is 0 Å². The Bertz CT molecular complexity index is 354. The Balaban J connectivity index is 2.61. The number of hydrogen-bond donors (Lipinski definition) is 0. The van der Waals surface area contributed by atoms with Crippen molar-refractivity contribution in [3.8, 4) is 0 Å². The third-order valence-corrected chi connectivity index (χ3v) is 2.99. The van der Waals surface area contributed by atoms with Gasteiger partial charge in [0.05, 0.1) is 4.90 Å². The number of benzene rings is 1. The van der Waals surface area contributed by atoms with E-state index in [1.807, 2.05) is 31.2 Å². The first-order valence-corrected chi connectivity index (χ1v) is 6.21. The highest BCUT2D eigenvalue weighted by molar-refractivity contribution is 7.83. The molecule has 0 radical (unpaired) electrons. The van der Waals surface area contributed by atoms with Gasteiger partial charge in [0.2, 0.25) is 0 Å². The molecule has 0 amide bonds. The average Bonchev–Trinajstić information content (AvgIpc) is 2.18. The van der Waals surface area contributed by atoms with Gasteiger partial charge in [-0.1, -0.05) is 31.5 Å². The van der Waals surface area contributed by atoms with Gasteiger partial charge in [0.25, 0.3) is 0 Å². The van der Waals surface area contributed by atoms with Crippen LogP contribution in [-0.4, -0.2) is 10.4 Å². The Kier molecular flexibility index (Phi) is 4.69. The third kappa shape index (κ3) is 4.38. The van der Waals surface area contributed by atoms with Crippen molar-refractivity contribution >= 4 is 17.2 Å². The second kappa shape index (κ2) is 5.81. The quantitative estimate of drug-likeness (QED) is 0.721. The Morgan fingerprint density at radius 3 is 2.47 bits per heavy atom. The van der Waals surface area contributed by atoms with Crippen LogP contribution in [0.1, 0.15) is 25.8 Å². The first-order valence-electron chi connectivity index (χ1n) is 5.10. The van der Waals surface area contributed by atoms with Crippen LogP contribution in [0.15, 0.2) is 33.6 Å². The summed E-state index contributed by atoms with van der Waals surface area (Å²) >= 11 is 0. The van der Waals surface area contributed by atoms with Crippen molar-refractivity contribution in [1.29, 1.82) is 0 Å². The molecule has 0 aliphatic rings. The molecular formula is C12H17NOS. The van der Waals surface area contributed by atoms with Crippen LogP contribution in [0.5, 0.6) is 0 Å². The van der Waals surface area contributed by atoms with E-state index in [0.717, 1.165) is 11.3 Å². The van der Waals surface area contributed by atoms with Gasteiger partial charge < -0.3 is 0 Å². The smallest absolute Gasteiger partial charge is 0.172 e. The second-order valence-corrected chi connectivity index (χ2v) is 5.16. The van der Waals surface area contributed by atoms with Gasteiger partial charge >= 0.3 is 0 Å². The van der Waals surface area contributed by atoms with Gasteiger partial charge in [0, 0.05) is 6.21 Å². The van der Waals surface area contributed by atoms with Gasteiger partial charge in [-0.05, 0) is 31.4 Å². The van der Waals surface area contributed by atoms with Gasteiger partial charge in [-0.2, -0.15) is 4.40 Å². The Morgan fingerprint density at radius 1 is 1.33 bits per heavy atom. The molecule has 0 N–H and O–H groups in total. The number of rotatable bonds is 4. The summed E-state index contributed by atoms with van der Waals surface area (Å²) in [6, 6.07) is 7.62. The predicted octanol–water partition coefficient (Wildman–Crippen LogP) is 3.13. The molecule has 0 saturated heterocycles. The number of aryl methyl sites for hydroxylation is 1. The Hall–Kier alpha value is -0.960. The molecular weight excluding hydrogens is 206 g/mol. The molecule has 1 aromatic rings. The van der Waals surface area contributed by atoms with Gasteiger partial charge in [-0.25, -0.2) is 4.21 Å². The van der Waals surface area contributed by atoms with Gasteiger partial charge in [0.15, 0.2) is 11.0 Å². The molecule has 0 heterocycles. The van der Waals surface area contributed by atoms with Crippen molar-refractivity contribution in [2.75, 3.05) is 0 Å². The molecule has 0 unspecified atom stereocenters. The molecule has 0 saturated carbocycles. The fraction of sp³-hybridized carbons (Fsp3) is 0.417. The van der Waals surface area contributed by atoms with E-state index in [1.165, 1.54) is 5.56 Å². The van der Waals surface area contributed by atoms with E-state index in [9.17, 15) is 4.21 Å². The monoisotopic (exact) mass is 223 g/mol. The zero-order valence-corrected chi connectivity index (χ0v) is 10.3. The zero-order valence-electron chi connectivity index (χ0n) is 9.43. The summed E-state index contributed by atoms with van der Waals surface area (Å²) in [5.41, 5.74) is 1.17. The Labute approximate surface area is 94.0 Å². The van der Waals surface area contributed by atoms with E-state index in [0.29, 0.717) is 5.92 Å². The molecule has 1 aromatic carbocycles. The summed E-state index contributed by atoms with van der Waals surface area (Å²) in [4.78, 5) is 0.764. The standard InChI is InChI=1S/C12H17NOS/c1-10(2)8-9-13-15(14)12-6-4-11(3)5-7-12/h4-7,9-10H,8H2,1-3H3/b13-9+/t15-/m0/s1. The van der Waals surface area contributed by atoms with Crippen molar-refractivity contribution < 1.29 is 4.21 Å². The van der Waals surface area contributed by atoms with Crippen LogP contribution in [-0.2, 0) is 11.0 Å². The molecule has 0 aliphatic heterocycles. The summed E-state index contributed by atoms with van der Waals surface area (Å²) in [6.07, 6.45) is 2.62. The molecule has 15 heavy (non-hydrogen) atoms. The van der Waals surface area contributed by atoms with Crippen LogP contribution < -0.4 is 0 Å². The van der Waals surface area contributed by atoms with Crippen LogP contribution in [0, 0.1) is 12.8 Å². The molecule has 0 bridgehead atoms. The lowest BCUT2D eigenvalue weighted by Crippen LogP contribution is -1.91. The van der Waals surface area contributed by atoms with Crippen LogP contribution in [0.2, 0.25) is 0 Å². The van der Waals surface area contributed by atoms with Crippen molar-refractivity contribution in [1.82, 2.24) is 0 Å². The summed E-state index contributed by atoms with van der Waals surface area (Å²) in [5, 5.41) is 0. The molecule has 1 atom stereocenters. The van der Waals surface area contributed by atoms with Crippen molar-refractivity contribution in [2.24, 2.45) is 10.3 Å². The van der Waals surface area contributed by atoms with Crippen LogP contribution >= 0.6 is 0 Å². The summed E-state index contributed by atoms with van der Waals surface area (Å²) < 4.78 is 15.7. The van der Waals surface area contributed by atoms with E-state index in [2.05, 4.69) is 18.2 Å². The average molecular weight is 223 g/mol. The maximum atomic E-state index is 11.7. The van der Waals surface area contributed by atoms with Crippen LogP contribution in [0.25, 0.3) is 0 Å². The molecule has 3 heteroatoms. The number of nitrogens with zero attached hydrogens (tertiary/aromatic N) is 1. The van der Waals surface area contributed by atoms with Crippen molar-refractivity contribution in [3.63, 3.8) is 0 Å². The highest BCUT2D eigenvalue weighted by Gasteiger charge is 1.99. The van der Waals surface area contributed by atoms with Gasteiger partial charge in [-0.15, -0.1) is 0 Å². The van der Waals surface area contributed by atoms with E-state index in [4.69, 9.17) is 0 Å². The fourth-order valence-corrected chi connectivity index (χ4v) is 1.75. The third-order valence-electron chi connectivity index (χ3n) is 1.97. The van der Waals surface area contributed by atoms with Crippen LogP contribution in [0.4, 0.5) is 0 Å². The number of hydrogen-bond acceptors (Lipinski definition) is 1. The van der Waals surface area contributed by atoms with Crippen LogP contribution in [0.3, 0.4) is 0 Å². The van der Waals surface area contributed by atoms with E-state index in [-0.39, 0.29) is 0 Å². The second-order valence-electron chi connectivity index (χ2n) is 3.98. The summed E-state index contributed by atoms with van der Waals surface area (Å²) in [7, 11) is -1.24. The fourth-order valence-electron chi connectivity index (χ4n) is 1.04. The maximum absolute atomic E-state index is 11.7. The highest BCUT2D eigenvalue weighted by atomic mass is 32.2. The molecule has 0 aromatic heterocycles. The maximum Gasteiger partial charge on any atom is 0.172 e. The first-order chi connectivity index (χ1) is 7.09. The largest absolute Gasteiger partial charge is 0.230 e. The topological polar surface area (TPSA) is 29.4 Å². The predicted molar refractivity (Wildman–Crippen MR) is 65.5 cm³/mol. The zero-order chi connectivity index (χ0) is 11.3. The van der Waals surface area contributed by atoms with E-state index in [1.54, 1.807) is 6.21 Å². The summed E-state index contributed by atoms with van der Waals surface area (Å²) in [6.45, 7) is 6.23. The van der Waals surface area contributed by atoms with Crippen molar-refractivity contribution in [3.05, 3.63) is 29.8 Å². The van der Waals surface area contributed by atoms with Crippen molar-refractivity contribution in [2.45, 2.75) is 32.1 Å². The molecule has 0 aliphatic carbocycles. The normalized spacial score (nSPS) is 13.6.